The molecule has 0 radical (unpaired) electrons. The van der Waals surface area contributed by atoms with Crippen molar-refractivity contribution in [2.24, 2.45) is 5.92 Å². The summed E-state index contributed by atoms with van der Waals surface area (Å²) in [5, 5.41) is 3.00. The average molecular weight is 351 g/mol. The summed E-state index contributed by atoms with van der Waals surface area (Å²) < 4.78 is 5.23. The van der Waals surface area contributed by atoms with Crippen molar-refractivity contribution >= 4 is 23.0 Å². The Kier molecular flexibility index (Phi) is 4.69. The first kappa shape index (κ1) is 16.8. The molecule has 0 spiro atoms. The van der Waals surface area contributed by atoms with Gasteiger partial charge in [0.05, 0.1) is 7.11 Å². The van der Waals surface area contributed by atoms with Crippen molar-refractivity contribution in [2.75, 3.05) is 48.4 Å². The molecular weight excluding hydrogens is 326 g/mol. The van der Waals surface area contributed by atoms with Gasteiger partial charge in [-0.05, 0) is 61.4 Å². The SMILES string of the molecule is COc1ccc(N2CCN(c3ccc(NC(=O)C4CC4)cc3)CC2)cc1. The van der Waals surface area contributed by atoms with Crippen LogP contribution in [0.5, 0.6) is 5.75 Å². The summed E-state index contributed by atoms with van der Waals surface area (Å²) in [7, 11) is 1.69. The zero-order chi connectivity index (χ0) is 17.9. The zero-order valence-electron chi connectivity index (χ0n) is 15.1. The van der Waals surface area contributed by atoms with E-state index in [4.69, 9.17) is 4.74 Å². The van der Waals surface area contributed by atoms with Gasteiger partial charge < -0.3 is 19.9 Å². The summed E-state index contributed by atoms with van der Waals surface area (Å²) in [6.45, 7) is 3.96. The number of methoxy groups -OCH3 is 1. The first-order chi connectivity index (χ1) is 12.7. The minimum atomic E-state index is 0.158. The number of carbonyl (C=O) groups is 1. The second-order valence-corrected chi connectivity index (χ2v) is 6.98. The van der Waals surface area contributed by atoms with Crippen molar-refractivity contribution < 1.29 is 9.53 Å². The van der Waals surface area contributed by atoms with Gasteiger partial charge in [0.1, 0.15) is 5.75 Å². The van der Waals surface area contributed by atoms with Crippen LogP contribution in [0.15, 0.2) is 48.5 Å². The Bertz CT molecular complexity index is 746. The molecule has 2 aromatic carbocycles. The highest BCUT2D eigenvalue weighted by Crippen LogP contribution is 2.30. The number of rotatable bonds is 5. The molecule has 2 fully saturated rings. The largest absolute Gasteiger partial charge is 0.497 e. The maximum atomic E-state index is 11.8. The van der Waals surface area contributed by atoms with E-state index in [1.807, 2.05) is 24.3 Å². The van der Waals surface area contributed by atoms with E-state index in [-0.39, 0.29) is 11.8 Å². The van der Waals surface area contributed by atoms with Gasteiger partial charge in [-0.2, -0.15) is 0 Å². The third-order valence-corrected chi connectivity index (χ3v) is 5.17. The van der Waals surface area contributed by atoms with Crippen molar-refractivity contribution in [3.63, 3.8) is 0 Å². The number of nitrogens with zero attached hydrogens (tertiary/aromatic N) is 2. The molecule has 4 rings (SSSR count). The lowest BCUT2D eigenvalue weighted by Gasteiger charge is -2.37. The molecule has 0 bridgehead atoms. The second-order valence-electron chi connectivity index (χ2n) is 6.98. The van der Waals surface area contributed by atoms with Crippen LogP contribution in [-0.4, -0.2) is 39.2 Å². The number of hydrogen-bond acceptors (Lipinski definition) is 4. The van der Waals surface area contributed by atoms with Crippen LogP contribution < -0.4 is 19.9 Å². The highest BCUT2D eigenvalue weighted by molar-refractivity contribution is 5.94. The van der Waals surface area contributed by atoms with Gasteiger partial charge in [0.15, 0.2) is 0 Å². The Morgan fingerprint density at radius 1 is 0.885 bits per heavy atom. The molecule has 1 amide bonds. The lowest BCUT2D eigenvalue weighted by Crippen LogP contribution is -2.46. The Morgan fingerprint density at radius 2 is 1.38 bits per heavy atom. The topological polar surface area (TPSA) is 44.8 Å². The molecule has 2 aliphatic rings. The summed E-state index contributed by atoms with van der Waals surface area (Å²) in [5.41, 5.74) is 3.34. The van der Waals surface area contributed by atoms with E-state index < -0.39 is 0 Å². The maximum Gasteiger partial charge on any atom is 0.227 e. The average Bonchev–Trinajstić information content (AvgIpc) is 3.54. The van der Waals surface area contributed by atoms with Gasteiger partial charge in [-0.1, -0.05) is 0 Å². The molecule has 0 atom stereocenters. The Morgan fingerprint density at radius 3 is 1.85 bits per heavy atom. The summed E-state index contributed by atoms with van der Waals surface area (Å²) in [5.74, 6) is 1.29. The molecule has 0 unspecified atom stereocenters. The zero-order valence-corrected chi connectivity index (χ0v) is 15.1. The fraction of sp³-hybridized carbons (Fsp3) is 0.381. The van der Waals surface area contributed by atoms with Crippen molar-refractivity contribution in [1.29, 1.82) is 0 Å². The molecule has 26 heavy (non-hydrogen) atoms. The van der Waals surface area contributed by atoms with E-state index in [0.29, 0.717) is 0 Å². The van der Waals surface area contributed by atoms with Crippen LogP contribution in [0.25, 0.3) is 0 Å². The Labute approximate surface area is 154 Å². The van der Waals surface area contributed by atoms with Gasteiger partial charge in [0.2, 0.25) is 5.91 Å². The standard InChI is InChI=1S/C21H25N3O2/c1-26-20-10-8-19(9-11-20)24-14-12-23(13-15-24)18-6-4-17(5-7-18)22-21(25)16-2-3-16/h4-11,16H,2-3,12-15H2,1H3,(H,22,25). The fourth-order valence-electron chi connectivity index (χ4n) is 3.36. The third kappa shape index (κ3) is 3.77. The van der Waals surface area contributed by atoms with Gasteiger partial charge in [-0.3, -0.25) is 4.79 Å². The van der Waals surface area contributed by atoms with E-state index in [9.17, 15) is 4.79 Å². The van der Waals surface area contributed by atoms with Gasteiger partial charge in [-0.15, -0.1) is 0 Å². The molecule has 1 saturated carbocycles. The molecule has 5 nitrogen and oxygen atoms in total. The molecule has 2 aromatic rings. The fourth-order valence-corrected chi connectivity index (χ4v) is 3.36. The van der Waals surface area contributed by atoms with E-state index in [1.165, 1.54) is 11.4 Å². The summed E-state index contributed by atoms with van der Waals surface area (Å²) in [6, 6.07) is 16.5. The monoisotopic (exact) mass is 351 g/mol. The number of ether oxygens (including phenoxy) is 1. The van der Waals surface area contributed by atoms with E-state index >= 15 is 0 Å². The van der Waals surface area contributed by atoms with E-state index in [1.54, 1.807) is 7.11 Å². The summed E-state index contributed by atoms with van der Waals surface area (Å²) in [6.07, 6.45) is 2.06. The van der Waals surface area contributed by atoms with Crippen molar-refractivity contribution in [1.82, 2.24) is 0 Å². The van der Waals surface area contributed by atoms with Crippen LogP contribution in [0.1, 0.15) is 12.8 Å². The lowest BCUT2D eigenvalue weighted by molar-refractivity contribution is -0.117. The van der Waals surface area contributed by atoms with Crippen LogP contribution in [-0.2, 0) is 4.79 Å². The highest BCUT2D eigenvalue weighted by atomic mass is 16.5. The third-order valence-electron chi connectivity index (χ3n) is 5.17. The molecular formula is C21H25N3O2. The highest BCUT2D eigenvalue weighted by Gasteiger charge is 2.29. The predicted molar refractivity (Wildman–Crippen MR) is 105 cm³/mol. The number of piperazine rings is 1. The van der Waals surface area contributed by atoms with E-state index in [2.05, 4.69) is 39.4 Å². The lowest BCUT2D eigenvalue weighted by atomic mass is 10.2. The van der Waals surface area contributed by atoms with Crippen molar-refractivity contribution in [3.8, 4) is 5.75 Å². The summed E-state index contributed by atoms with van der Waals surface area (Å²) in [4.78, 5) is 16.6. The van der Waals surface area contributed by atoms with Crippen LogP contribution in [0.2, 0.25) is 0 Å². The van der Waals surface area contributed by atoms with Crippen molar-refractivity contribution in [3.05, 3.63) is 48.5 Å². The molecule has 136 valence electrons. The first-order valence-electron chi connectivity index (χ1n) is 9.28. The maximum absolute atomic E-state index is 11.8. The minimum Gasteiger partial charge on any atom is -0.497 e. The normalized spacial score (nSPS) is 17.1. The molecule has 1 saturated heterocycles. The molecule has 1 aliphatic carbocycles. The number of nitrogens with one attached hydrogen (secondary N) is 1. The molecule has 1 N–H and O–H groups in total. The number of hydrogen-bond donors (Lipinski definition) is 1. The van der Waals surface area contributed by atoms with Crippen LogP contribution in [0.3, 0.4) is 0 Å². The summed E-state index contributed by atoms with van der Waals surface area (Å²) >= 11 is 0. The number of carbonyl (C=O) groups excluding carboxylic acids is 1. The quantitative estimate of drug-likeness (QED) is 0.897. The molecule has 1 heterocycles. The van der Waals surface area contributed by atoms with Crippen molar-refractivity contribution in [2.45, 2.75) is 12.8 Å². The van der Waals surface area contributed by atoms with Crippen LogP contribution in [0, 0.1) is 5.92 Å². The Hall–Kier alpha value is -2.69. The molecule has 0 aromatic heterocycles. The second kappa shape index (κ2) is 7.28. The minimum absolute atomic E-state index is 0.158. The number of benzene rings is 2. The Balaban J connectivity index is 1.32. The first-order valence-corrected chi connectivity index (χ1v) is 9.28. The van der Waals surface area contributed by atoms with Gasteiger partial charge in [0.25, 0.3) is 0 Å². The predicted octanol–water partition coefficient (Wildman–Crippen LogP) is 3.37. The van der Waals surface area contributed by atoms with Crippen LogP contribution in [0.4, 0.5) is 17.1 Å². The smallest absolute Gasteiger partial charge is 0.227 e. The molecule has 5 heteroatoms. The number of amides is 1. The van der Waals surface area contributed by atoms with Crippen LogP contribution >= 0.6 is 0 Å². The van der Waals surface area contributed by atoms with Gasteiger partial charge >= 0.3 is 0 Å². The number of anilines is 3. The van der Waals surface area contributed by atoms with Gasteiger partial charge in [-0.25, -0.2) is 0 Å². The van der Waals surface area contributed by atoms with Gasteiger partial charge in [0, 0.05) is 49.2 Å². The molecule has 1 aliphatic heterocycles. The van der Waals surface area contributed by atoms with E-state index in [0.717, 1.165) is 50.5 Å².